The normalized spacial score (nSPS) is 23.7. The van der Waals surface area contributed by atoms with E-state index in [1.165, 1.54) is 4.90 Å². The molecule has 0 aromatic heterocycles. The zero-order valence-electron chi connectivity index (χ0n) is 12.2. The molecular formula is C16H20N2O3. The van der Waals surface area contributed by atoms with Gasteiger partial charge in [0.25, 0.3) is 11.8 Å². The zero-order chi connectivity index (χ0) is 15.0. The summed E-state index contributed by atoms with van der Waals surface area (Å²) >= 11 is 0. The number of hydrogen-bond acceptors (Lipinski definition) is 4. The van der Waals surface area contributed by atoms with Crippen molar-refractivity contribution in [3.8, 4) is 0 Å². The van der Waals surface area contributed by atoms with Crippen molar-refractivity contribution >= 4 is 11.8 Å². The molecule has 21 heavy (non-hydrogen) atoms. The first-order chi connectivity index (χ1) is 10.1. The highest BCUT2D eigenvalue weighted by molar-refractivity contribution is 6.21. The summed E-state index contributed by atoms with van der Waals surface area (Å²) in [5.41, 5.74) is 1.01. The Hall–Kier alpha value is -1.72. The van der Waals surface area contributed by atoms with Crippen LogP contribution in [0.2, 0.25) is 0 Å². The Morgan fingerprint density at radius 2 is 1.81 bits per heavy atom. The predicted octanol–water partition coefficient (Wildman–Crippen LogP) is 0.985. The Kier molecular flexibility index (Phi) is 3.78. The van der Waals surface area contributed by atoms with Crippen LogP contribution in [0.3, 0.4) is 0 Å². The van der Waals surface area contributed by atoms with Gasteiger partial charge in [0, 0.05) is 19.6 Å². The summed E-state index contributed by atoms with van der Waals surface area (Å²) in [4.78, 5) is 28.0. The lowest BCUT2D eigenvalue weighted by Gasteiger charge is -2.20. The van der Waals surface area contributed by atoms with E-state index in [4.69, 9.17) is 0 Å². The third-order valence-electron chi connectivity index (χ3n) is 4.51. The Morgan fingerprint density at radius 1 is 1.19 bits per heavy atom. The predicted molar refractivity (Wildman–Crippen MR) is 78.0 cm³/mol. The number of nitrogens with zero attached hydrogens (tertiary/aromatic N) is 2. The van der Waals surface area contributed by atoms with Gasteiger partial charge in [-0.2, -0.15) is 0 Å². The summed E-state index contributed by atoms with van der Waals surface area (Å²) in [5.74, 6) is -0.0871. The number of amides is 2. The number of hydrogen-bond donors (Lipinski definition) is 1. The molecule has 0 aliphatic carbocycles. The van der Waals surface area contributed by atoms with Crippen LogP contribution in [0.15, 0.2) is 24.3 Å². The van der Waals surface area contributed by atoms with Crippen LogP contribution in [-0.2, 0) is 0 Å². The van der Waals surface area contributed by atoms with E-state index in [0.29, 0.717) is 30.1 Å². The van der Waals surface area contributed by atoms with Crippen LogP contribution in [0.4, 0.5) is 0 Å². The molecule has 2 unspecified atom stereocenters. The van der Waals surface area contributed by atoms with Crippen molar-refractivity contribution in [1.82, 2.24) is 9.80 Å². The van der Waals surface area contributed by atoms with Crippen LogP contribution in [0.25, 0.3) is 0 Å². The second kappa shape index (κ2) is 5.58. The fraction of sp³-hybridized carbons (Fsp3) is 0.500. The highest BCUT2D eigenvalue weighted by Gasteiger charge is 2.35. The van der Waals surface area contributed by atoms with E-state index in [0.717, 1.165) is 19.5 Å². The molecule has 5 nitrogen and oxygen atoms in total. The Balaban J connectivity index is 1.60. The van der Waals surface area contributed by atoms with Gasteiger partial charge >= 0.3 is 0 Å². The fourth-order valence-electron chi connectivity index (χ4n) is 3.14. The molecule has 2 amide bonds. The smallest absolute Gasteiger partial charge is 0.261 e. The largest absolute Gasteiger partial charge is 0.393 e. The Labute approximate surface area is 124 Å². The molecule has 0 saturated carbocycles. The number of carbonyl (C=O) groups is 2. The lowest BCUT2D eigenvalue weighted by Crippen LogP contribution is -2.37. The second-order valence-corrected chi connectivity index (χ2v) is 5.90. The monoisotopic (exact) mass is 288 g/mol. The van der Waals surface area contributed by atoms with Crippen molar-refractivity contribution in [3.63, 3.8) is 0 Å². The molecule has 1 N–H and O–H groups in total. The summed E-state index contributed by atoms with van der Waals surface area (Å²) in [6.45, 7) is 4.66. The van der Waals surface area contributed by atoms with Crippen LogP contribution in [0.1, 0.15) is 34.1 Å². The van der Waals surface area contributed by atoms with Crippen molar-refractivity contribution < 1.29 is 14.7 Å². The highest BCUT2D eigenvalue weighted by atomic mass is 16.3. The first kappa shape index (κ1) is 14.2. The fourth-order valence-corrected chi connectivity index (χ4v) is 3.14. The third-order valence-corrected chi connectivity index (χ3v) is 4.51. The van der Waals surface area contributed by atoms with Gasteiger partial charge in [-0.15, -0.1) is 0 Å². The van der Waals surface area contributed by atoms with Gasteiger partial charge in [0.15, 0.2) is 0 Å². The molecule has 2 atom stereocenters. The van der Waals surface area contributed by atoms with Gasteiger partial charge in [-0.3, -0.25) is 14.5 Å². The molecular weight excluding hydrogens is 268 g/mol. The van der Waals surface area contributed by atoms with Gasteiger partial charge in [-0.25, -0.2) is 0 Å². The van der Waals surface area contributed by atoms with Crippen LogP contribution < -0.4 is 0 Å². The van der Waals surface area contributed by atoms with E-state index >= 15 is 0 Å². The molecule has 1 saturated heterocycles. The maximum absolute atomic E-state index is 12.2. The van der Waals surface area contributed by atoms with E-state index in [1.807, 2.05) is 6.92 Å². The Morgan fingerprint density at radius 3 is 2.33 bits per heavy atom. The number of aliphatic hydroxyl groups is 1. The topological polar surface area (TPSA) is 60.9 Å². The molecule has 112 valence electrons. The second-order valence-electron chi connectivity index (χ2n) is 5.90. The molecule has 2 aliphatic heterocycles. The molecule has 1 fully saturated rings. The molecule has 0 spiro atoms. The molecule has 2 heterocycles. The standard InChI is InChI=1S/C16H20N2O3/c1-11(19)12-6-7-17(10-12)8-9-18-15(20)13-4-2-3-5-14(13)16(18)21/h2-5,11-12,19H,6-10H2,1H3. The summed E-state index contributed by atoms with van der Waals surface area (Å²) in [5, 5.41) is 9.61. The minimum atomic E-state index is -0.297. The minimum Gasteiger partial charge on any atom is -0.393 e. The number of aliphatic hydroxyl groups excluding tert-OH is 1. The number of carbonyl (C=O) groups excluding carboxylic acids is 2. The Bertz CT molecular complexity index is 535. The molecule has 0 radical (unpaired) electrons. The van der Waals surface area contributed by atoms with Gasteiger partial charge < -0.3 is 10.0 Å². The van der Waals surface area contributed by atoms with E-state index in [2.05, 4.69) is 4.90 Å². The summed E-state index contributed by atoms with van der Waals surface area (Å²) in [6, 6.07) is 6.96. The lowest BCUT2D eigenvalue weighted by atomic mass is 10.0. The SMILES string of the molecule is CC(O)C1CCN(CCN2C(=O)c3ccccc3C2=O)C1. The maximum Gasteiger partial charge on any atom is 0.261 e. The van der Waals surface area contributed by atoms with Gasteiger partial charge in [0.1, 0.15) is 0 Å². The quantitative estimate of drug-likeness (QED) is 0.839. The highest BCUT2D eigenvalue weighted by Crippen LogP contribution is 2.23. The molecule has 0 bridgehead atoms. The van der Waals surface area contributed by atoms with Gasteiger partial charge in [-0.1, -0.05) is 12.1 Å². The van der Waals surface area contributed by atoms with E-state index in [1.54, 1.807) is 24.3 Å². The van der Waals surface area contributed by atoms with Crippen molar-refractivity contribution in [2.75, 3.05) is 26.2 Å². The van der Waals surface area contributed by atoms with Crippen molar-refractivity contribution in [2.24, 2.45) is 5.92 Å². The zero-order valence-corrected chi connectivity index (χ0v) is 12.2. The molecule has 2 aliphatic rings. The number of imide groups is 1. The molecule has 1 aromatic carbocycles. The first-order valence-corrected chi connectivity index (χ1v) is 7.43. The van der Waals surface area contributed by atoms with Gasteiger partial charge in [0.2, 0.25) is 0 Å². The maximum atomic E-state index is 12.2. The third kappa shape index (κ3) is 2.59. The average Bonchev–Trinajstić information content (AvgIpc) is 3.03. The van der Waals surface area contributed by atoms with Crippen LogP contribution in [0, 0.1) is 5.92 Å². The van der Waals surface area contributed by atoms with Crippen molar-refractivity contribution in [3.05, 3.63) is 35.4 Å². The van der Waals surface area contributed by atoms with Crippen LogP contribution in [-0.4, -0.2) is 59.0 Å². The van der Waals surface area contributed by atoms with Crippen molar-refractivity contribution in [1.29, 1.82) is 0 Å². The summed E-state index contributed by atoms with van der Waals surface area (Å²) in [7, 11) is 0. The van der Waals surface area contributed by atoms with Crippen molar-refractivity contribution in [2.45, 2.75) is 19.4 Å². The van der Waals surface area contributed by atoms with E-state index in [9.17, 15) is 14.7 Å². The number of fused-ring (bicyclic) bond motifs is 1. The summed E-state index contributed by atoms with van der Waals surface area (Å²) in [6.07, 6.45) is 0.675. The first-order valence-electron chi connectivity index (χ1n) is 7.43. The number of rotatable bonds is 4. The average molecular weight is 288 g/mol. The number of likely N-dealkylation sites (tertiary alicyclic amines) is 1. The molecule has 3 rings (SSSR count). The molecule has 1 aromatic rings. The number of benzene rings is 1. The minimum absolute atomic E-state index is 0.193. The van der Waals surface area contributed by atoms with E-state index in [-0.39, 0.29) is 17.9 Å². The lowest BCUT2D eigenvalue weighted by molar-refractivity contribution is 0.0636. The van der Waals surface area contributed by atoms with Gasteiger partial charge in [0.05, 0.1) is 17.2 Å². The summed E-state index contributed by atoms with van der Waals surface area (Å²) < 4.78 is 0. The van der Waals surface area contributed by atoms with E-state index < -0.39 is 0 Å². The van der Waals surface area contributed by atoms with Crippen LogP contribution >= 0.6 is 0 Å². The van der Waals surface area contributed by atoms with Crippen LogP contribution in [0.5, 0.6) is 0 Å². The molecule has 5 heteroatoms. The van der Waals surface area contributed by atoms with Gasteiger partial charge in [-0.05, 0) is 37.9 Å².